The Morgan fingerprint density at radius 2 is 1.92 bits per heavy atom. The second-order valence-corrected chi connectivity index (χ2v) is 9.46. The molecule has 1 aliphatic carbocycles. The van der Waals surface area contributed by atoms with Crippen LogP contribution in [0.2, 0.25) is 0 Å². The van der Waals surface area contributed by atoms with E-state index in [1.165, 1.54) is 24.4 Å². The molecule has 2 amide bonds. The lowest BCUT2D eigenvalue weighted by Crippen LogP contribution is -2.48. The van der Waals surface area contributed by atoms with E-state index in [-0.39, 0.29) is 41.9 Å². The van der Waals surface area contributed by atoms with Crippen LogP contribution in [0.4, 0.5) is 23.8 Å². The summed E-state index contributed by atoms with van der Waals surface area (Å²) in [5, 5.41) is 5.73. The molecule has 13 heteroatoms. The van der Waals surface area contributed by atoms with Crippen molar-refractivity contribution in [3.63, 3.8) is 0 Å². The Morgan fingerprint density at radius 3 is 2.57 bits per heavy atom. The monoisotopic (exact) mass is 523 g/mol. The summed E-state index contributed by atoms with van der Waals surface area (Å²) >= 11 is 0. The second-order valence-electron chi connectivity index (χ2n) is 9.46. The van der Waals surface area contributed by atoms with Crippen LogP contribution in [0.3, 0.4) is 0 Å². The number of nitrogens with zero attached hydrogens (tertiary/aromatic N) is 4. The van der Waals surface area contributed by atoms with Gasteiger partial charge in [-0.25, -0.2) is 9.59 Å². The summed E-state index contributed by atoms with van der Waals surface area (Å²) in [7, 11) is 1.87. The Balaban J connectivity index is 1.52. The number of halogens is 3. The number of nitrogens with one attached hydrogen (secondary N) is 2. The maximum atomic E-state index is 13.2. The minimum Gasteiger partial charge on any atom is -0.405 e. The number of urea groups is 1. The van der Waals surface area contributed by atoms with Crippen LogP contribution >= 0.6 is 0 Å². The summed E-state index contributed by atoms with van der Waals surface area (Å²) in [4.78, 5) is 32.5. The summed E-state index contributed by atoms with van der Waals surface area (Å²) in [6.07, 6.45) is -0.0338. The first-order valence-corrected chi connectivity index (χ1v) is 12.3. The van der Waals surface area contributed by atoms with Crippen molar-refractivity contribution in [3.8, 4) is 11.4 Å². The zero-order valence-corrected chi connectivity index (χ0v) is 20.6. The van der Waals surface area contributed by atoms with Gasteiger partial charge in [0.25, 0.3) is 0 Å². The van der Waals surface area contributed by atoms with E-state index in [0.29, 0.717) is 31.7 Å². The Kier molecular flexibility index (Phi) is 8.35. The van der Waals surface area contributed by atoms with Crippen molar-refractivity contribution in [2.45, 2.75) is 50.7 Å². The highest BCUT2D eigenvalue weighted by Gasteiger charge is 2.33. The number of anilines is 1. The van der Waals surface area contributed by atoms with Crippen LogP contribution in [0.5, 0.6) is 5.75 Å². The van der Waals surface area contributed by atoms with E-state index in [1.807, 2.05) is 11.9 Å². The van der Waals surface area contributed by atoms with Crippen molar-refractivity contribution in [2.24, 2.45) is 5.73 Å². The number of piperazine rings is 1. The Hall–Kier alpha value is -3.16. The minimum atomic E-state index is -4.90. The highest BCUT2D eigenvalue weighted by atomic mass is 19.4. The van der Waals surface area contributed by atoms with E-state index in [9.17, 15) is 22.8 Å². The first kappa shape index (κ1) is 26.9. The zero-order valence-electron chi connectivity index (χ0n) is 20.6. The molecule has 0 spiro atoms. The van der Waals surface area contributed by atoms with Crippen LogP contribution < -0.4 is 26.8 Å². The molecule has 4 rings (SSSR count). The van der Waals surface area contributed by atoms with Gasteiger partial charge in [-0.15, -0.1) is 13.2 Å². The molecule has 37 heavy (non-hydrogen) atoms. The maximum Gasteiger partial charge on any atom is 0.573 e. The molecule has 202 valence electrons. The van der Waals surface area contributed by atoms with E-state index in [4.69, 9.17) is 5.73 Å². The van der Waals surface area contributed by atoms with E-state index < -0.39 is 12.1 Å². The number of carbonyl (C=O) groups is 1. The number of carbonyl (C=O) groups excluding carboxylic acids is 1. The molecule has 0 atom stereocenters. The van der Waals surface area contributed by atoms with Gasteiger partial charge in [-0.3, -0.25) is 14.8 Å². The molecule has 2 fully saturated rings. The number of aromatic nitrogens is 2. The number of benzene rings is 1. The van der Waals surface area contributed by atoms with Gasteiger partial charge in [0.15, 0.2) is 0 Å². The SMILES string of the molecule is CN(Cc1ccc(-n2ccc(NC(=O)N3CCNCC3)nc2=O)cc1OC(F)(F)F)C1CCC(N)CC1. The lowest BCUT2D eigenvalue weighted by molar-refractivity contribution is -0.275. The van der Waals surface area contributed by atoms with E-state index in [2.05, 4.69) is 20.4 Å². The molecule has 0 radical (unpaired) electrons. The fourth-order valence-electron chi connectivity index (χ4n) is 4.71. The molecule has 1 aliphatic heterocycles. The number of nitrogens with two attached hydrogens (primary N) is 1. The number of alkyl halides is 3. The fourth-order valence-corrected chi connectivity index (χ4v) is 4.71. The number of rotatable bonds is 6. The third-order valence-electron chi connectivity index (χ3n) is 6.78. The summed E-state index contributed by atoms with van der Waals surface area (Å²) in [5.74, 6) is -0.325. The molecule has 0 unspecified atom stereocenters. The molecule has 1 aromatic heterocycles. The highest BCUT2D eigenvalue weighted by molar-refractivity contribution is 5.88. The molecular weight excluding hydrogens is 491 g/mol. The van der Waals surface area contributed by atoms with Gasteiger partial charge in [0.1, 0.15) is 11.6 Å². The van der Waals surface area contributed by atoms with Gasteiger partial charge in [0.05, 0.1) is 5.69 Å². The quantitative estimate of drug-likeness (QED) is 0.532. The van der Waals surface area contributed by atoms with Gasteiger partial charge >= 0.3 is 18.1 Å². The molecule has 10 nitrogen and oxygen atoms in total. The van der Waals surface area contributed by atoms with Crippen LogP contribution in [-0.4, -0.2) is 77.1 Å². The van der Waals surface area contributed by atoms with Crippen LogP contribution in [-0.2, 0) is 6.54 Å². The highest BCUT2D eigenvalue weighted by Crippen LogP contribution is 2.31. The molecule has 1 saturated carbocycles. The fraction of sp³-hybridized carbons (Fsp3) is 0.542. The predicted molar refractivity (Wildman–Crippen MR) is 132 cm³/mol. The van der Waals surface area contributed by atoms with Gasteiger partial charge in [0.2, 0.25) is 0 Å². The molecule has 0 bridgehead atoms. The van der Waals surface area contributed by atoms with E-state index >= 15 is 0 Å². The average molecular weight is 524 g/mol. The molecular formula is C24H32F3N7O3. The Labute approximate surface area is 212 Å². The smallest absolute Gasteiger partial charge is 0.405 e. The van der Waals surface area contributed by atoms with Gasteiger partial charge in [0, 0.05) is 62.6 Å². The average Bonchev–Trinajstić information content (AvgIpc) is 2.85. The molecule has 1 aromatic carbocycles. The van der Waals surface area contributed by atoms with Crippen molar-refractivity contribution in [1.82, 2.24) is 24.7 Å². The molecule has 2 aliphatic rings. The van der Waals surface area contributed by atoms with Gasteiger partial charge in [-0.05, 0) is 44.9 Å². The largest absolute Gasteiger partial charge is 0.573 e. The van der Waals surface area contributed by atoms with Crippen molar-refractivity contribution in [2.75, 3.05) is 38.5 Å². The molecule has 4 N–H and O–H groups in total. The van der Waals surface area contributed by atoms with Crippen molar-refractivity contribution in [1.29, 1.82) is 0 Å². The number of amides is 2. The molecule has 2 heterocycles. The zero-order chi connectivity index (χ0) is 26.6. The first-order chi connectivity index (χ1) is 17.6. The Morgan fingerprint density at radius 1 is 1.22 bits per heavy atom. The molecule has 2 aromatic rings. The van der Waals surface area contributed by atoms with Crippen LogP contribution in [0, 0.1) is 0 Å². The third kappa shape index (κ3) is 7.21. The van der Waals surface area contributed by atoms with Gasteiger partial charge < -0.3 is 20.7 Å². The lowest BCUT2D eigenvalue weighted by Gasteiger charge is -2.33. The lowest BCUT2D eigenvalue weighted by atomic mass is 9.91. The summed E-state index contributed by atoms with van der Waals surface area (Å²) in [5.41, 5.74) is 5.73. The van der Waals surface area contributed by atoms with Crippen molar-refractivity contribution in [3.05, 3.63) is 46.5 Å². The normalized spacial score (nSPS) is 20.6. The van der Waals surface area contributed by atoms with Crippen molar-refractivity contribution < 1.29 is 22.7 Å². The van der Waals surface area contributed by atoms with E-state index in [1.54, 1.807) is 11.0 Å². The molecule has 1 saturated heterocycles. The number of ether oxygens (including phenoxy) is 1. The van der Waals surface area contributed by atoms with Crippen LogP contribution in [0.15, 0.2) is 35.3 Å². The number of hydrogen-bond acceptors (Lipinski definition) is 7. The Bertz CT molecular complexity index is 1140. The third-order valence-corrected chi connectivity index (χ3v) is 6.78. The van der Waals surface area contributed by atoms with Crippen LogP contribution in [0.1, 0.15) is 31.2 Å². The summed E-state index contributed by atoms with van der Waals surface area (Å²) < 4.78 is 45.1. The predicted octanol–water partition coefficient (Wildman–Crippen LogP) is 2.27. The minimum absolute atomic E-state index is 0.0574. The van der Waals surface area contributed by atoms with Gasteiger partial charge in [-0.1, -0.05) is 6.07 Å². The van der Waals surface area contributed by atoms with Gasteiger partial charge in [-0.2, -0.15) is 4.98 Å². The first-order valence-electron chi connectivity index (χ1n) is 12.3. The number of hydrogen-bond donors (Lipinski definition) is 3. The topological polar surface area (TPSA) is 118 Å². The van der Waals surface area contributed by atoms with E-state index in [0.717, 1.165) is 30.3 Å². The summed E-state index contributed by atoms with van der Waals surface area (Å²) in [6.45, 7) is 2.65. The van der Waals surface area contributed by atoms with Crippen molar-refractivity contribution >= 4 is 11.8 Å². The second kappa shape index (κ2) is 11.5. The van der Waals surface area contributed by atoms with Crippen LogP contribution in [0.25, 0.3) is 5.69 Å². The summed E-state index contributed by atoms with van der Waals surface area (Å²) in [6, 6.07) is 5.67. The standard InChI is InChI=1S/C24H32F3N7O3/c1-32(18-6-3-17(28)4-7-18)15-16-2-5-19(14-20(16)37-24(25,26)27)34-11-8-21(31-23(34)36)30-22(35)33-12-9-29-10-13-33/h2,5,8,11,14,17-18,29H,3-4,6-7,9-10,12-13,15,28H2,1H3,(H,30,31,35,36). The maximum absolute atomic E-state index is 13.2.